The van der Waals surface area contributed by atoms with Crippen molar-refractivity contribution in [1.82, 2.24) is 9.80 Å². The molecule has 172 valence electrons. The Morgan fingerprint density at radius 3 is 2.62 bits per heavy atom. The molecule has 1 fully saturated rings. The molecule has 0 atom stereocenters. The van der Waals surface area contributed by atoms with Crippen LogP contribution in [-0.2, 0) is 6.54 Å². The number of benzene rings is 3. The molecule has 1 saturated heterocycles. The Morgan fingerprint density at radius 2 is 1.74 bits per heavy atom. The summed E-state index contributed by atoms with van der Waals surface area (Å²) in [6.07, 6.45) is 0. The van der Waals surface area contributed by atoms with Crippen molar-refractivity contribution in [3.63, 3.8) is 0 Å². The van der Waals surface area contributed by atoms with Crippen LogP contribution in [0.2, 0.25) is 0 Å². The van der Waals surface area contributed by atoms with Crippen LogP contribution in [-0.4, -0.2) is 54.6 Å². The molecule has 0 unspecified atom stereocenters. The number of anilines is 1. The summed E-state index contributed by atoms with van der Waals surface area (Å²) in [5.74, 6) is 1.43. The van der Waals surface area contributed by atoms with E-state index >= 15 is 0 Å². The number of nitrogens with zero attached hydrogens (tertiary/aromatic N) is 2. The minimum atomic E-state index is -0.149. The van der Waals surface area contributed by atoms with Gasteiger partial charge in [0.15, 0.2) is 11.5 Å². The zero-order chi connectivity index (χ0) is 23.1. The molecule has 3 aromatic carbocycles. The van der Waals surface area contributed by atoms with E-state index in [2.05, 4.69) is 16.3 Å². The van der Waals surface area contributed by atoms with Gasteiger partial charge in [-0.2, -0.15) is 0 Å². The zero-order valence-electron chi connectivity index (χ0n) is 18.5. The highest BCUT2D eigenvalue weighted by atomic mass is 32.2. The summed E-state index contributed by atoms with van der Waals surface area (Å²) in [7, 11) is 0. The number of piperazine rings is 1. The summed E-state index contributed by atoms with van der Waals surface area (Å²) in [5, 5.41) is 2.97. The lowest BCUT2D eigenvalue weighted by Gasteiger charge is -2.35. The zero-order valence-corrected chi connectivity index (χ0v) is 19.3. The molecule has 0 radical (unpaired) electrons. The first-order chi connectivity index (χ1) is 16.6. The number of hydrogen-bond acceptors (Lipinski definition) is 6. The standard InChI is InChI=1S/C26H23N3O4S/c30-25-19-3-1-2-4-23(19)34-24-8-6-18(14-20(24)27-25)26(31)29-11-9-28(10-12-29)15-17-5-7-21-22(13-17)33-16-32-21/h1-8,13-14H,9-12,15-16H2,(H,27,30). The summed E-state index contributed by atoms with van der Waals surface area (Å²) >= 11 is 1.54. The lowest BCUT2D eigenvalue weighted by molar-refractivity contribution is 0.0628. The molecule has 3 aliphatic heterocycles. The van der Waals surface area contributed by atoms with E-state index in [4.69, 9.17) is 9.47 Å². The van der Waals surface area contributed by atoms with E-state index in [1.807, 2.05) is 53.4 Å². The average molecular weight is 474 g/mol. The Balaban J connectivity index is 1.11. The molecule has 0 aliphatic carbocycles. The molecule has 0 saturated carbocycles. The van der Waals surface area contributed by atoms with Crippen LogP contribution in [0.25, 0.3) is 0 Å². The third-order valence-electron chi connectivity index (χ3n) is 6.33. The van der Waals surface area contributed by atoms with Crippen LogP contribution < -0.4 is 14.8 Å². The third-order valence-corrected chi connectivity index (χ3v) is 7.48. The van der Waals surface area contributed by atoms with Crippen LogP contribution in [0.1, 0.15) is 26.3 Å². The van der Waals surface area contributed by atoms with Crippen molar-refractivity contribution >= 4 is 29.3 Å². The average Bonchev–Trinajstić information content (AvgIpc) is 3.28. The van der Waals surface area contributed by atoms with Crippen molar-refractivity contribution in [1.29, 1.82) is 0 Å². The Kier molecular flexibility index (Phi) is 5.39. The van der Waals surface area contributed by atoms with Gasteiger partial charge in [-0.15, -0.1) is 0 Å². The van der Waals surface area contributed by atoms with E-state index in [-0.39, 0.29) is 18.6 Å². The number of hydrogen-bond donors (Lipinski definition) is 1. The van der Waals surface area contributed by atoms with Crippen molar-refractivity contribution in [2.24, 2.45) is 0 Å². The highest BCUT2D eigenvalue weighted by Gasteiger charge is 2.25. The van der Waals surface area contributed by atoms with Crippen LogP contribution in [0.5, 0.6) is 11.5 Å². The summed E-state index contributed by atoms with van der Waals surface area (Å²) in [4.78, 5) is 32.0. The van der Waals surface area contributed by atoms with Gasteiger partial charge >= 0.3 is 0 Å². The monoisotopic (exact) mass is 473 g/mol. The number of amides is 2. The van der Waals surface area contributed by atoms with Gasteiger partial charge in [0, 0.05) is 48.1 Å². The topological polar surface area (TPSA) is 71.1 Å². The first kappa shape index (κ1) is 21.1. The van der Waals surface area contributed by atoms with Gasteiger partial charge in [0.1, 0.15) is 0 Å². The predicted molar refractivity (Wildman–Crippen MR) is 129 cm³/mol. The predicted octanol–water partition coefficient (Wildman–Crippen LogP) is 4.09. The van der Waals surface area contributed by atoms with Crippen molar-refractivity contribution in [2.45, 2.75) is 16.3 Å². The normalized spacial score (nSPS) is 16.9. The molecule has 2 amide bonds. The lowest BCUT2D eigenvalue weighted by atomic mass is 10.1. The number of fused-ring (bicyclic) bond motifs is 3. The number of nitrogens with one attached hydrogen (secondary N) is 1. The van der Waals surface area contributed by atoms with Crippen molar-refractivity contribution in [3.05, 3.63) is 77.4 Å². The summed E-state index contributed by atoms with van der Waals surface area (Å²) in [5.41, 5.74) is 3.09. The van der Waals surface area contributed by atoms with Crippen LogP contribution in [0, 0.1) is 0 Å². The molecule has 0 aromatic heterocycles. The van der Waals surface area contributed by atoms with Gasteiger partial charge in [-0.05, 0) is 48.0 Å². The highest BCUT2D eigenvalue weighted by Crippen LogP contribution is 2.39. The smallest absolute Gasteiger partial charge is 0.256 e. The van der Waals surface area contributed by atoms with Crippen LogP contribution in [0.4, 0.5) is 5.69 Å². The second-order valence-corrected chi connectivity index (χ2v) is 9.60. The van der Waals surface area contributed by atoms with Gasteiger partial charge in [-0.1, -0.05) is 30.0 Å². The maximum atomic E-state index is 13.2. The van der Waals surface area contributed by atoms with Crippen LogP contribution >= 0.6 is 11.8 Å². The molecule has 0 bridgehead atoms. The van der Waals surface area contributed by atoms with Gasteiger partial charge < -0.3 is 19.7 Å². The fraction of sp³-hybridized carbons (Fsp3) is 0.231. The maximum absolute atomic E-state index is 13.2. The van der Waals surface area contributed by atoms with E-state index in [1.54, 1.807) is 6.07 Å². The largest absolute Gasteiger partial charge is 0.454 e. The molecular formula is C26H23N3O4S. The molecule has 3 heterocycles. The highest BCUT2D eigenvalue weighted by molar-refractivity contribution is 7.99. The molecule has 3 aromatic rings. The second-order valence-electron chi connectivity index (χ2n) is 8.52. The van der Waals surface area contributed by atoms with Gasteiger partial charge in [0.2, 0.25) is 6.79 Å². The van der Waals surface area contributed by atoms with E-state index < -0.39 is 0 Å². The first-order valence-electron chi connectivity index (χ1n) is 11.3. The quantitative estimate of drug-likeness (QED) is 0.618. The van der Waals surface area contributed by atoms with E-state index in [9.17, 15) is 9.59 Å². The number of carbonyl (C=O) groups excluding carboxylic acids is 2. The SMILES string of the molecule is O=C1Nc2cc(C(=O)N3CCN(Cc4ccc5c(c4)OCO5)CC3)ccc2Sc2ccccc21. The Morgan fingerprint density at radius 1 is 0.912 bits per heavy atom. The van der Waals surface area contributed by atoms with E-state index in [1.165, 1.54) is 17.3 Å². The molecule has 3 aliphatic rings. The fourth-order valence-electron chi connectivity index (χ4n) is 4.49. The molecule has 0 spiro atoms. The van der Waals surface area contributed by atoms with Gasteiger partial charge in [-0.3, -0.25) is 14.5 Å². The molecule has 1 N–H and O–H groups in total. The minimum Gasteiger partial charge on any atom is -0.454 e. The van der Waals surface area contributed by atoms with Crippen LogP contribution in [0.3, 0.4) is 0 Å². The first-order valence-corrected chi connectivity index (χ1v) is 12.1. The molecule has 34 heavy (non-hydrogen) atoms. The van der Waals surface area contributed by atoms with Crippen molar-refractivity contribution in [3.8, 4) is 11.5 Å². The minimum absolute atomic E-state index is 0.00783. The third kappa shape index (κ3) is 3.99. The van der Waals surface area contributed by atoms with Crippen molar-refractivity contribution < 1.29 is 19.1 Å². The lowest BCUT2D eigenvalue weighted by Crippen LogP contribution is -2.48. The van der Waals surface area contributed by atoms with E-state index in [0.717, 1.165) is 40.9 Å². The van der Waals surface area contributed by atoms with Gasteiger partial charge in [0.25, 0.3) is 11.8 Å². The van der Waals surface area contributed by atoms with Gasteiger partial charge in [-0.25, -0.2) is 0 Å². The Labute approximate surface area is 201 Å². The van der Waals surface area contributed by atoms with Crippen LogP contribution in [0.15, 0.2) is 70.5 Å². The summed E-state index contributed by atoms with van der Waals surface area (Å²) in [6, 6.07) is 19.2. The molecule has 6 rings (SSSR count). The summed E-state index contributed by atoms with van der Waals surface area (Å²) < 4.78 is 10.9. The van der Waals surface area contributed by atoms with Crippen molar-refractivity contribution in [2.75, 3.05) is 38.3 Å². The number of ether oxygens (including phenoxy) is 2. The number of rotatable bonds is 3. The Hall–Kier alpha value is -3.49. The van der Waals surface area contributed by atoms with Gasteiger partial charge in [0.05, 0.1) is 11.3 Å². The molecular weight excluding hydrogens is 450 g/mol. The fourth-order valence-corrected chi connectivity index (χ4v) is 5.50. The molecule has 8 heteroatoms. The second kappa shape index (κ2) is 8.70. The van der Waals surface area contributed by atoms with E-state index in [0.29, 0.717) is 29.9 Å². The number of carbonyl (C=O) groups is 2. The maximum Gasteiger partial charge on any atom is 0.256 e. The molecule has 7 nitrogen and oxygen atoms in total. The summed E-state index contributed by atoms with van der Waals surface area (Å²) in [6.45, 7) is 4.00. The Bertz CT molecular complexity index is 1290.